The van der Waals surface area contributed by atoms with Gasteiger partial charge in [0.1, 0.15) is 5.01 Å². The van der Waals surface area contributed by atoms with Crippen molar-refractivity contribution in [1.82, 2.24) is 19.9 Å². The highest BCUT2D eigenvalue weighted by atomic mass is 32.1. The van der Waals surface area contributed by atoms with Gasteiger partial charge >= 0.3 is 0 Å². The number of aromatic nitrogens is 3. The lowest BCUT2D eigenvalue weighted by Gasteiger charge is -2.35. The molecule has 6 nitrogen and oxygen atoms in total. The molecule has 3 aromatic rings. The molecule has 0 spiro atoms. The second-order valence-corrected chi connectivity index (χ2v) is 7.02. The summed E-state index contributed by atoms with van der Waals surface area (Å²) in [6.07, 6.45) is 3.58. The number of nitrogens with two attached hydrogens (primary N) is 1. The molecule has 1 aromatic carbocycles. The monoisotopic (exact) mass is 340 g/mol. The standard InChI is InChI=1S/C17H20N6S/c18-13(16-21-14-4-1-2-5-15(14)24-16)12-22-8-10-23(11-9-22)17-19-6-3-7-20-17/h1-7,13H,8-12,18H2. The third-order valence-electron chi connectivity index (χ3n) is 4.29. The van der Waals surface area contributed by atoms with Gasteiger partial charge in [-0.05, 0) is 18.2 Å². The van der Waals surface area contributed by atoms with Crippen LogP contribution in [0, 0.1) is 0 Å². The molecule has 1 unspecified atom stereocenters. The molecule has 7 heteroatoms. The minimum atomic E-state index is -0.0399. The number of hydrogen-bond donors (Lipinski definition) is 1. The van der Waals surface area contributed by atoms with E-state index in [1.807, 2.05) is 24.3 Å². The van der Waals surface area contributed by atoms with E-state index in [1.165, 1.54) is 4.70 Å². The minimum absolute atomic E-state index is 0.0399. The molecule has 1 aliphatic rings. The lowest BCUT2D eigenvalue weighted by molar-refractivity contribution is 0.242. The van der Waals surface area contributed by atoms with Crippen molar-refractivity contribution in [3.8, 4) is 0 Å². The second-order valence-electron chi connectivity index (χ2n) is 5.96. The molecule has 0 amide bonds. The molecule has 1 fully saturated rings. The maximum atomic E-state index is 6.40. The van der Waals surface area contributed by atoms with Gasteiger partial charge in [-0.1, -0.05) is 12.1 Å². The highest BCUT2D eigenvalue weighted by molar-refractivity contribution is 7.18. The van der Waals surface area contributed by atoms with E-state index in [2.05, 4.69) is 30.8 Å². The highest BCUT2D eigenvalue weighted by Crippen LogP contribution is 2.25. The molecule has 0 radical (unpaired) electrons. The molecule has 2 N–H and O–H groups in total. The van der Waals surface area contributed by atoms with Crippen molar-refractivity contribution in [1.29, 1.82) is 0 Å². The Morgan fingerprint density at radius 1 is 1.04 bits per heavy atom. The molecule has 1 saturated heterocycles. The topological polar surface area (TPSA) is 71.2 Å². The first-order valence-corrected chi connectivity index (χ1v) is 8.96. The maximum absolute atomic E-state index is 6.40. The summed E-state index contributed by atoms with van der Waals surface area (Å²) < 4.78 is 1.20. The fourth-order valence-corrected chi connectivity index (χ4v) is 3.95. The smallest absolute Gasteiger partial charge is 0.225 e. The Hall–Kier alpha value is -2.09. The first-order valence-electron chi connectivity index (χ1n) is 8.15. The average molecular weight is 340 g/mol. The summed E-state index contributed by atoms with van der Waals surface area (Å²) in [6, 6.07) is 10.0. The average Bonchev–Trinajstić information content (AvgIpc) is 3.07. The molecule has 24 heavy (non-hydrogen) atoms. The van der Waals surface area contributed by atoms with Gasteiger partial charge in [0.15, 0.2) is 0 Å². The molecule has 3 heterocycles. The van der Waals surface area contributed by atoms with E-state index in [9.17, 15) is 0 Å². The lowest BCUT2D eigenvalue weighted by Crippen LogP contribution is -2.48. The van der Waals surface area contributed by atoms with E-state index in [-0.39, 0.29) is 6.04 Å². The normalized spacial score (nSPS) is 17.3. The third kappa shape index (κ3) is 3.24. The van der Waals surface area contributed by atoms with E-state index in [0.717, 1.165) is 49.2 Å². The molecule has 0 aliphatic carbocycles. The Morgan fingerprint density at radius 3 is 2.54 bits per heavy atom. The summed E-state index contributed by atoms with van der Waals surface area (Å²) in [5, 5.41) is 1.02. The number of piperazine rings is 1. The summed E-state index contributed by atoms with van der Waals surface area (Å²) in [4.78, 5) is 17.9. The summed E-state index contributed by atoms with van der Waals surface area (Å²) in [5.74, 6) is 0.813. The quantitative estimate of drug-likeness (QED) is 0.782. The minimum Gasteiger partial charge on any atom is -0.338 e. The summed E-state index contributed by atoms with van der Waals surface area (Å²) >= 11 is 1.70. The zero-order chi connectivity index (χ0) is 16.4. The number of nitrogens with zero attached hydrogens (tertiary/aromatic N) is 5. The van der Waals surface area contributed by atoms with Crippen LogP contribution in [0.2, 0.25) is 0 Å². The van der Waals surface area contributed by atoms with Crippen LogP contribution in [0.3, 0.4) is 0 Å². The Bertz CT molecular complexity index is 764. The number of hydrogen-bond acceptors (Lipinski definition) is 7. The number of anilines is 1. The van der Waals surface area contributed by atoms with Gasteiger partial charge in [0, 0.05) is 45.1 Å². The van der Waals surface area contributed by atoms with Gasteiger partial charge in [0.2, 0.25) is 5.95 Å². The second kappa shape index (κ2) is 6.80. The lowest BCUT2D eigenvalue weighted by atomic mass is 10.2. The SMILES string of the molecule is NC(CN1CCN(c2ncccn2)CC1)c1nc2ccccc2s1. The van der Waals surface area contributed by atoms with Gasteiger partial charge in [-0.15, -0.1) is 11.3 Å². The summed E-state index contributed by atoms with van der Waals surface area (Å²) in [5.41, 5.74) is 7.44. The van der Waals surface area contributed by atoms with Gasteiger partial charge in [-0.2, -0.15) is 0 Å². The number of rotatable bonds is 4. The van der Waals surface area contributed by atoms with Gasteiger partial charge in [0.05, 0.1) is 16.3 Å². The van der Waals surface area contributed by atoms with Gasteiger partial charge < -0.3 is 10.6 Å². The van der Waals surface area contributed by atoms with Crippen LogP contribution in [0.4, 0.5) is 5.95 Å². The van der Waals surface area contributed by atoms with E-state index in [0.29, 0.717) is 0 Å². The first-order chi connectivity index (χ1) is 11.8. The Balaban J connectivity index is 1.36. The first kappa shape index (κ1) is 15.4. The van der Waals surface area contributed by atoms with Gasteiger partial charge in [0.25, 0.3) is 0 Å². The van der Waals surface area contributed by atoms with Crippen molar-refractivity contribution in [2.45, 2.75) is 6.04 Å². The van der Waals surface area contributed by atoms with E-state index in [4.69, 9.17) is 5.73 Å². The fraction of sp³-hybridized carbons (Fsp3) is 0.353. The summed E-state index contributed by atoms with van der Waals surface area (Å²) in [6.45, 7) is 4.63. The van der Waals surface area contributed by atoms with Crippen molar-refractivity contribution in [2.75, 3.05) is 37.6 Å². The van der Waals surface area contributed by atoms with Crippen molar-refractivity contribution in [2.24, 2.45) is 5.73 Å². The van der Waals surface area contributed by atoms with Crippen LogP contribution in [-0.4, -0.2) is 52.6 Å². The Labute approximate surface area is 145 Å². The molecule has 0 saturated carbocycles. The molecule has 1 atom stereocenters. The molecular formula is C17H20N6S. The fourth-order valence-electron chi connectivity index (χ4n) is 2.99. The highest BCUT2D eigenvalue weighted by Gasteiger charge is 2.22. The van der Waals surface area contributed by atoms with Crippen LogP contribution in [0.5, 0.6) is 0 Å². The van der Waals surface area contributed by atoms with E-state index >= 15 is 0 Å². The van der Waals surface area contributed by atoms with Crippen molar-refractivity contribution >= 4 is 27.5 Å². The zero-order valence-electron chi connectivity index (χ0n) is 13.4. The molecule has 124 valence electrons. The van der Waals surface area contributed by atoms with Crippen LogP contribution in [0.15, 0.2) is 42.7 Å². The zero-order valence-corrected chi connectivity index (χ0v) is 14.2. The Morgan fingerprint density at radius 2 is 1.79 bits per heavy atom. The maximum Gasteiger partial charge on any atom is 0.225 e. The third-order valence-corrected chi connectivity index (χ3v) is 5.46. The van der Waals surface area contributed by atoms with Crippen LogP contribution >= 0.6 is 11.3 Å². The number of thiazole rings is 1. The van der Waals surface area contributed by atoms with Crippen LogP contribution in [-0.2, 0) is 0 Å². The van der Waals surface area contributed by atoms with Crippen molar-refractivity contribution < 1.29 is 0 Å². The Kier molecular flexibility index (Phi) is 4.38. The van der Waals surface area contributed by atoms with Crippen molar-refractivity contribution in [3.63, 3.8) is 0 Å². The van der Waals surface area contributed by atoms with Crippen LogP contribution in [0.25, 0.3) is 10.2 Å². The van der Waals surface area contributed by atoms with Crippen LogP contribution in [0.1, 0.15) is 11.0 Å². The predicted octanol–water partition coefficient (Wildman–Crippen LogP) is 1.91. The molecule has 2 aromatic heterocycles. The predicted molar refractivity (Wildman–Crippen MR) is 97.2 cm³/mol. The number of benzene rings is 1. The molecule has 0 bridgehead atoms. The van der Waals surface area contributed by atoms with E-state index in [1.54, 1.807) is 23.7 Å². The molecule has 4 rings (SSSR count). The number of fused-ring (bicyclic) bond motifs is 1. The number of para-hydroxylation sites is 1. The van der Waals surface area contributed by atoms with E-state index < -0.39 is 0 Å². The largest absolute Gasteiger partial charge is 0.338 e. The van der Waals surface area contributed by atoms with Gasteiger partial charge in [-0.3, -0.25) is 4.90 Å². The van der Waals surface area contributed by atoms with Crippen LogP contribution < -0.4 is 10.6 Å². The van der Waals surface area contributed by atoms with Gasteiger partial charge in [-0.25, -0.2) is 15.0 Å². The van der Waals surface area contributed by atoms with Crippen molar-refractivity contribution in [3.05, 3.63) is 47.7 Å². The molecule has 1 aliphatic heterocycles. The molecular weight excluding hydrogens is 320 g/mol. The summed E-state index contributed by atoms with van der Waals surface area (Å²) in [7, 11) is 0.